The summed E-state index contributed by atoms with van der Waals surface area (Å²) in [7, 11) is 1.28. The van der Waals surface area contributed by atoms with Crippen LogP contribution in [0.2, 0.25) is 0 Å². The maximum absolute atomic E-state index is 12.6. The average Bonchev–Trinajstić information content (AvgIpc) is 3.24. The van der Waals surface area contributed by atoms with Crippen LogP contribution in [0.25, 0.3) is 11.0 Å². The minimum atomic E-state index is -0.556. The number of carbonyl (C=O) groups excluding carboxylic acids is 2. The number of rotatable bonds is 11. The summed E-state index contributed by atoms with van der Waals surface area (Å²) in [5.41, 5.74) is 1.15. The second kappa shape index (κ2) is 11.4. The lowest BCUT2D eigenvalue weighted by Gasteiger charge is -2.10. The summed E-state index contributed by atoms with van der Waals surface area (Å²) >= 11 is 1.44. The normalized spacial score (nSPS) is 10.8. The molecule has 1 aromatic carbocycles. The van der Waals surface area contributed by atoms with Gasteiger partial charge in [-0.3, -0.25) is 4.79 Å². The third kappa shape index (κ3) is 5.54. The summed E-state index contributed by atoms with van der Waals surface area (Å²) in [5, 5.41) is 11.9. The highest BCUT2D eigenvalue weighted by Crippen LogP contribution is 2.23. The van der Waals surface area contributed by atoms with Crippen molar-refractivity contribution in [1.82, 2.24) is 25.1 Å². The Labute approximate surface area is 190 Å². The highest BCUT2D eigenvalue weighted by Gasteiger charge is 2.17. The minimum absolute atomic E-state index is 0.220. The standard InChI is InChI=1S/C21H26N6O4S/c1-4-31-12-10-22-17-16-13-24-27(18(16)26-21(25-17)32-3)11-9-23-19(28)14-7-5-6-8-15(14)20(29)30-2/h5-8,13H,4,9-12H2,1-3H3,(H,23,28)(H,22,25,26). The Balaban J connectivity index is 1.70. The molecule has 0 aliphatic heterocycles. The number of ether oxygens (including phenoxy) is 2. The number of aromatic nitrogens is 4. The number of esters is 1. The van der Waals surface area contributed by atoms with E-state index in [1.165, 1.54) is 18.9 Å². The van der Waals surface area contributed by atoms with Crippen LogP contribution in [0, 0.1) is 0 Å². The lowest BCUT2D eigenvalue weighted by atomic mass is 10.1. The zero-order valence-corrected chi connectivity index (χ0v) is 19.1. The van der Waals surface area contributed by atoms with Gasteiger partial charge in [-0.05, 0) is 25.3 Å². The van der Waals surface area contributed by atoms with Crippen molar-refractivity contribution in [2.45, 2.75) is 18.6 Å². The number of hydrogen-bond donors (Lipinski definition) is 2. The highest BCUT2D eigenvalue weighted by molar-refractivity contribution is 7.98. The number of anilines is 1. The van der Waals surface area contributed by atoms with E-state index < -0.39 is 5.97 Å². The van der Waals surface area contributed by atoms with Gasteiger partial charge in [0, 0.05) is 19.7 Å². The smallest absolute Gasteiger partial charge is 0.338 e. The van der Waals surface area contributed by atoms with E-state index in [1.807, 2.05) is 13.2 Å². The van der Waals surface area contributed by atoms with E-state index in [0.29, 0.717) is 49.5 Å². The molecule has 170 valence electrons. The van der Waals surface area contributed by atoms with Gasteiger partial charge in [0.05, 0.1) is 43.0 Å². The Morgan fingerprint density at radius 1 is 1.16 bits per heavy atom. The first kappa shape index (κ1) is 23.5. The molecular weight excluding hydrogens is 432 g/mol. The molecular formula is C21H26N6O4S. The summed E-state index contributed by atoms with van der Waals surface area (Å²) < 4.78 is 11.8. The van der Waals surface area contributed by atoms with Crippen molar-refractivity contribution < 1.29 is 19.1 Å². The van der Waals surface area contributed by atoms with Crippen molar-refractivity contribution in [3.8, 4) is 0 Å². The number of carbonyl (C=O) groups is 2. The number of benzene rings is 1. The van der Waals surface area contributed by atoms with E-state index in [4.69, 9.17) is 9.47 Å². The number of hydrogen-bond acceptors (Lipinski definition) is 9. The number of amides is 1. The molecule has 2 aromatic heterocycles. The number of nitrogens with one attached hydrogen (secondary N) is 2. The van der Waals surface area contributed by atoms with Crippen LogP contribution in [0.15, 0.2) is 35.6 Å². The molecule has 2 N–H and O–H groups in total. The fourth-order valence-electron chi connectivity index (χ4n) is 3.05. The average molecular weight is 459 g/mol. The molecule has 3 aromatic rings. The van der Waals surface area contributed by atoms with Crippen LogP contribution in [-0.4, -0.2) is 71.3 Å². The van der Waals surface area contributed by atoms with Crippen LogP contribution in [0.3, 0.4) is 0 Å². The van der Waals surface area contributed by atoms with Crippen molar-refractivity contribution in [1.29, 1.82) is 0 Å². The fraction of sp³-hybridized carbons (Fsp3) is 0.381. The Hall–Kier alpha value is -3.18. The molecule has 11 heteroatoms. The van der Waals surface area contributed by atoms with Crippen LogP contribution in [-0.2, 0) is 16.0 Å². The summed E-state index contributed by atoms with van der Waals surface area (Å²) in [4.78, 5) is 33.6. The molecule has 0 aliphatic carbocycles. The monoisotopic (exact) mass is 458 g/mol. The van der Waals surface area contributed by atoms with Crippen LogP contribution in [0.1, 0.15) is 27.6 Å². The molecule has 0 saturated heterocycles. The van der Waals surface area contributed by atoms with Crippen LogP contribution in [0.5, 0.6) is 0 Å². The van der Waals surface area contributed by atoms with Crippen LogP contribution < -0.4 is 10.6 Å². The zero-order chi connectivity index (χ0) is 22.9. The van der Waals surface area contributed by atoms with Crippen molar-refractivity contribution in [3.05, 3.63) is 41.6 Å². The van der Waals surface area contributed by atoms with Gasteiger partial charge in [-0.2, -0.15) is 5.10 Å². The quantitative estimate of drug-likeness (QED) is 0.193. The van der Waals surface area contributed by atoms with E-state index in [-0.39, 0.29) is 17.0 Å². The van der Waals surface area contributed by atoms with E-state index in [2.05, 4.69) is 25.7 Å². The van der Waals surface area contributed by atoms with Crippen LogP contribution in [0.4, 0.5) is 5.82 Å². The second-order valence-electron chi connectivity index (χ2n) is 6.58. The third-order valence-electron chi connectivity index (χ3n) is 4.59. The van der Waals surface area contributed by atoms with Crippen molar-refractivity contribution in [3.63, 3.8) is 0 Å². The second-order valence-corrected chi connectivity index (χ2v) is 7.35. The molecule has 0 aliphatic rings. The first-order valence-electron chi connectivity index (χ1n) is 10.1. The molecule has 0 unspecified atom stereocenters. The molecule has 0 spiro atoms. The first-order chi connectivity index (χ1) is 15.6. The Kier molecular flexibility index (Phi) is 8.40. The number of methoxy groups -OCH3 is 1. The van der Waals surface area contributed by atoms with E-state index >= 15 is 0 Å². The maximum atomic E-state index is 12.6. The zero-order valence-electron chi connectivity index (χ0n) is 18.3. The highest BCUT2D eigenvalue weighted by atomic mass is 32.2. The summed E-state index contributed by atoms with van der Waals surface area (Å²) in [6.07, 6.45) is 3.61. The largest absolute Gasteiger partial charge is 0.465 e. The fourth-order valence-corrected chi connectivity index (χ4v) is 3.41. The summed E-state index contributed by atoms with van der Waals surface area (Å²) in [5.74, 6) is -0.221. The molecule has 32 heavy (non-hydrogen) atoms. The Morgan fingerprint density at radius 3 is 2.66 bits per heavy atom. The van der Waals surface area contributed by atoms with Gasteiger partial charge in [0.1, 0.15) is 5.82 Å². The van der Waals surface area contributed by atoms with E-state index in [0.717, 1.165) is 5.39 Å². The first-order valence-corrected chi connectivity index (χ1v) is 11.4. The van der Waals surface area contributed by atoms with Gasteiger partial charge in [-0.25, -0.2) is 19.4 Å². The van der Waals surface area contributed by atoms with E-state index in [9.17, 15) is 9.59 Å². The van der Waals surface area contributed by atoms with Crippen molar-refractivity contribution in [2.75, 3.05) is 45.0 Å². The predicted octanol–water partition coefficient (Wildman–Crippen LogP) is 2.21. The van der Waals surface area contributed by atoms with Gasteiger partial charge in [0.15, 0.2) is 10.8 Å². The Bertz CT molecular complexity index is 1090. The summed E-state index contributed by atoms with van der Waals surface area (Å²) in [6, 6.07) is 6.52. The van der Waals surface area contributed by atoms with Crippen molar-refractivity contribution >= 4 is 40.5 Å². The lowest BCUT2D eigenvalue weighted by Crippen LogP contribution is -2.29. The molecule has 2 heterocycles. The van der Waals surface area contributed by atoms with Gasteiger partial charge >= 0.3 is 5.97 Å². The van der Waals surface area contributed by atoms with Crippen LogP contribution >= 0.6 is 11.8 Å². The molecule has 0 fully saturated rings. The van der Waals surface area contributed by atoms with Gasteiger partial charge in [-0.1, -0.05) is 23.9 Å². The summed E-state index contributed by atoms with van der Waals surface area (Å²) in [6.45, 7) is 4.50. The molecule has 10 nitrogen and oxygen atoms in total. The van der Waals surface area contributed by atoms with E-state index in [1.54, 1.807) is 35.1 Å². The predicted molar refractivity (Wildman–Crippen MR) is 122 cm³/mol. The molecule has 1 amide bonds. The SMILES string of the molecule is CCOCCNc1nc(SC)nc2c1cnn2CCNC(=O)c1ccccc1C(=O)OC. The number of nitrogens with zero attached hydrogens (tertiary/aromatic N) is 4. The molecule has 0 bridgehead atoms. The third-order valence-corrected chi connectivity index (χ3v) is 5.14. The molecule has 0 radical (unpaired) electrons. The van der Waals surface area contributed by atoms with Gasteiger partial charge in [0.2, 0.25) is 0 Å². The topological polar surface area (TPSA) is 120 Å². The van der Waals surface area contributed by atoms with Crippen molar-refractivity contribution in [2.24, 2.45) is 0 Å². The number of fused-ring (bicyclic) bond motifs is 1. The minimum Gasteiger partial charge on any atom is -0.465 e. The number of thioether (sulfide) groups is 1. The maximum Gasteiger partial charge on any atom is 0.338 e. The molecule has 0 atom stereocenters. The Morgan fingerprint density at radius 2 is 1.94 bits per heavy atom. The molecule has 3 rings (SSSR count). The van der Waals surface area contributed by atoms with Gasteiger partial charge < -0.3 is 20.1 Å². The molecule has 0 saturated carbocycles. The van der Waals surface area contributed by atoms with Gasteiger partial charge in [-0.15, -0.1) is 0 Å². The van der Waals surface area contributed by atoms with Gasteiger partial charge in [0.25, 0.3) is 5.91 Å². The lowest BCUT2D eigenvalue weighted by molar-refractivity contribution is 0.0596.